The third-order valence-corrected chi connectivity index (χ3v) is 3.48. The van der Waals surface area contributed by atoms with Gasteiger partial charge in [-0.25, -0.2) is 8.42 Å². The smallest absolute Gasteiger partial charge is 0.402 e. The Labute approximate surface area is 99.3 Å². The zero-order valence-electron chi connectivity index (χ0n) is 8.68. The summed E-state index contributed by atoms with van der Waals surface area (Å²) in [4.78, 5) is 10.4. The topological polar surface area (TPSA) is 103 Å². The molecule has 0 fully saturated rings. The highest BCUT2D eigenvalue weighted by Gasteiger charge is 2.38. The van der Waals surface area contributed by atoms with Crippen LogP contribution in [0.15, 0.2) is 17.3 Å². The first-order chi connectivity index (χ1) is 8.13. The fourth-order valence-corrected chi connectivity index (χ4v) is 2.38. The van der Waals surface area contributed by atoms with Crippen molar-refractivity contribution >= 4 is 16.0 Å². The van der Waals surface area contributed by atoms with Crippen LogP contribution in [-0.4, -0.2) is 53.3 Å². The highest BCUT2D eigenvalue weighted by molar-refractivity contribution is 7.89. The Balaban J connectivity index is 3.07. The van der Waals surface area contributed by atoms with Crippen LogP contribution in [-0.2, 0) is 14.8 Å². The Morgan fingerprint density at radius 2 is 2.11 bits per heavy atom. The number of hydrogen-bond donors (Lipinski definition) is 2. The number of alkyl halides is 3. The Hall–Kier alpha value is -1.62. The van der Waals surface area contributed by atoms with E-state index in [9.17, 15) is 26.4 Å². The molecule has 2 N–H and O–H groups in total. The molecule has 0 bridgehead atoms. The quantitative estimate of drug-likeness (QED) is 0.796. The lowest BCUT2D eigenvalue weighted by molar-refractivity contribution is -0.146. The molecule has 11 heteroatoms. The maximum Gasteiger partial charge on any atom is 0.402 e. The number of H-pyrrole nitrogens is 1. The normalized spacial score (nSPS) is 12.9. The Morgan fingerprint density at radius 1 is 1.50 bits per heavy atom. The number of aromatic amines is 1. The first-order valence-corrected chi connectivity index (χ1v) is 5.85. The lowest BCUT2D eigenvalue weighted by atomic mass is 10.5. The van der Waals surface area contributed by atoms with E-state index in [-0.39, 0.29) is 4.31 Å². The molecule has 0 unspecified atom stereocenters. The van der Waals surface area contributed by atoms with Gasteiger partial charge in [0.05, 0.1) is 6.20 Å². The minimum atomic E-state index is -4.84. The van der Waals surface area contributed by atoms with Gasteiger partial charge in [-0.05, 0) is 6.07 Å². The molecule has 0 aliphatic heterocycles. The molecule has 0 aliphatic carbocycles. The van der Waals surface area contributed by atoms with Gasteiger partial charge in [-0.1, -0.05) is 0 Å². The molecule has 1 aromatic rings. The highest BCUT2D eigenvalue weighted by atomic mass is 32.2. The van der Waals surface area contributed by atoms with Gasteiger partial charge >= 0.3 is 12.1 Å². The summed E-state index contributed by atoms with van der Waals surface area (Å²) in [5.41, 5.74) is 0. The van der Waals surface area contributed by atoms with E-state index in [0.29, 0.717) is 0 Å². The maximum absolute atomic E-state index is 12.2. The molecular weight excluding hydrogens is 279 g/mol. The van der Waals surface area contributed by atoms with Crippen molar-refractivity contribution in [2.24, 2.45) is 0 Å². The van der Waals surface area contributed by atoms with E-state index in [1.54, 1.807) is 0 Å². The second-order valence-electron chi connectivity index (χ2n) is 3.20. The van der Waals surface area contributed by atoms with Crippen LogP contribution in [0.2, 0.25) is 0 Å². The fourth-order valence-electron chi connectivity index (χ4n) is 1.10. The van der Waals surface area contributed by atoms with Crippen molar-refractivity contribution in [1.29, 1.82) is 0 Å². The zero-order chi connectivity index (χ0) is 14.0. The SMILES string of the molecule is O=C(O)CN(CC(F)(F)F)S(=O)(=O)c1ccn[nH]1. The van der Waals surface area contributed by atoms with E-state index < -0.39 is 40.3 Å². The monoisotopic (exact) mass is 287 g/mol. The molecular formula is C7H8F3N3O4S. The van der Waals surface area contributed by atoms with Crippen LogP contribution in [0.3, 0.4) is 0 Å². The number of rotatable bonds is 5. The molecule has 18 heavy (non-hydrogen) atoms. The lowest BCUT2D eigenvalue weighted by Crippen LogP contribution is -2.42. The van der Waals surface area contributed by atoms with E-state index in [0.717, 1.165) is 12.3 Å². The lowest BCUT2D eigenvalue weighted by Gasteiger charge is -2.20. The molecule has 0 aliphatic rings. The first-order valence-electron chi connectivity index (χ1n) is 4.41. The maximum atomic E-state index is 12.2. The molecule has 102 valence electrons. The number of carboxylic acid groups (broad SMARTS) is 1. The van der Waals surface area contributed by atoms with Gasteiger partial charge < -0.3 is 5.11 Å². The average Bonchev–Trinajstić information content (AvgIpc) is 2.66. The number of nitrogens with one attached hydrogen (secondary N) is 1. The largest absolute Gasteiger partial charge is 0.480 e. The Morgan fingerprint density at radius 3 is 2.50 bits per heavy atom. The first kappa shape index (κ1) is 14.4. The molecule has 0 saturated heterocycles. The Kier molecular flexibility index (Phi) is 3.96. The number of carbonyl (C=O) groups is 1. The Bertz CT molecular complexity index is 511. The van der Waals surface area contributed by atoms with Crippen LogP contribution in [0, 0.1) is 0 Å². The van der Waals surface area contributed by atoms with Gasteiger partial charge in [0.2, 0.25) is 0 Å². The number of halogens is 3. The van der Waals surface area contributed by atoms with Crippen LogP contribution in [0.25, 0.3) is 0 Å². The third kappa shape index (κ3) is 3.70. The highest BCUT2D eigenvalue weighted by Crippen LogP contribution is 2.21. The van der Waals surface area contributed by atoms with E-state index >= 15 is 0 Å². The van der Waals surface area contributed by atoms with Gasteiger partial charge in [0.15, 0.2) is 5.03 Å². The standard InChI is InChI=1S/C7H8F3N3O4S/c8-7(9,10)4-13(3-6(14)15)18(16,17)5-1-2-11-12-5/h1-2H,3-4H2,(H,11,12)(H,14,15). The van der Waals surface area contributed by atoms with Gasteiger partial charge in [-0.15, -0.1) is 0 Å². The minimum Gasteiger partial charge on any atom is -0.480 e. The molecule has 0 spiro atoms. The number of nitrogens with zero attached hydrogens (tertiary/aromatic N) is 2. The predicted octanol–water partition coefficient (Wildman–Crippen LogP) is 0.0473. The van der Waals surface area contributed by atoms with Crippen molar-refractivity contribution in [2.45, 2.75) is 11.2 Å². The summed E-state index contributed by atoms with van der Waals surface area (Å²) in [6.45, 7) is -3.18. The van der Waals surface area contributed by atoms with Crippen LogP contribution in [0.5, 0.6) is 0 Å². The van der Waals surface area contributed by atoms with Crippen LogP contribution < -0.4 is 0 Å². The molecule has 1 aromatic heterocycles. The van der Waals surface area contributed by atoms with Crippen molar-refractivity contribution in [3.05, 3.63) is 12.3 Å². The van der Waals surface area contributed by atoms with E-state index in [1.807, 2.05) is 5.10 Å². The van der Waals surface area contributed by atoms with Crippen molar-refractivity contribution in [3.63, 3.8) is 0 Å². The summed E-state index contributed by atoms with van der Waals surface area (Å²) in [5, 5.41) is 13.1. The summed E-state index contributed by atoms with van der Waals surface area (Å²) in [6.07, 6.45) is -3.82. The van der Waals surface area contributed by atoms with Crippen molar-refractivity contribution in [2.75, 3.05) is 13.1 Å². The number of carboxylic acids is 1. The van der Waals surface area contributed by atoms with Crippen LogP contribution in [0.4, 0.5) is 13.2 Å². The second kappa shape index (κ2) is 4.94. The zero-order valence-corrected chi connectivity index (χ0v) is 9.49. The van der Waals surface area contributed by atoms with Gasteiger partial charge in [0, 0.05) is 0 Å². The van der Waals surface area contributed by atoms with Crippen molar-refractivity contribution < 1.29 is 31.5 Å². The predicted molar refractivity (Wildman–Crippen MR) is 51.0 cm³/mol. The van der Waals surface area contributed by atoms with Crippen LogP contribution in [0.1, 0.15) is 0 Å². The molecule has 1 rings (SSSR count). The summed E-state index contributed by atoms with van der Waals surface area (Å²) < 4.78 is 59.8. The molecule has 0 amide bonds. The number of sulfonamides is 1. The molecule has 7 nitrogen and oxygen atoms in total. The minimum absolute atomic E-state index is 0.192. The summed E-state index contributed by atoms with van der Waals surface area (Å²) in [6, 6.07) is 0.931. The third-order valence-electron chi connectivity index (χ3n) is 1.76. The number of hydrogen-bond acceptors (Lipinski definition) is 4. The summed E-state index contributed by atoms with van der Waals surface area (Å²) >= 11 is 0. The van der Waals surface area contributed by atoms with E-state index in [2.05, 4.69) is 5.10 Å². The van der Waals surface area contributed by atoms with E-state index in [4.69, 9.17) is 5.11 Å². The molecule has 0 atom stereocenters. The van der Waals surface area contributed by atoms with E-state index in [1.165, 1.54) is 0 Å². The summed E-state index contributed by atoms with van der Waals surface area (Å²) in [7, 11) is -4.57. The molecule has 1 heterocycles. The number of aliphatic carboxylic acids is 1. The van der Waals surface area contributed by atoms with Gasteiger partial charge in [0.25, 0.3) is 10.0 Å². The summed E-state index contributed by atoms with van der Waals surface area (Å²) in [5.74, 6) is -1.69. The molecule has 0 aromatic carbocycles. The van der Waals surface area contributed by atoms with Crippen LogP contribution >= 0.6 is 0 Å². The second-order valence-corrected chi connectivity index (χ2v) is 5.11. The van der Waals surface area contributed by atoms with Crippen molar-refractivity contribution in [1.82, 2.24) is 14.5 Å². The fraction of sp³-hybridized carbons (Fsp3) is 0.429. The van der Waals surface area contributed by atoms with Gasteiger partial charge in [-0.3, -0.25) is 9.89 Å². The molecule has 0 radical (unpaired) electrons. The average molecular weight is 287 g/mol. The van der Waals surface area contributed by atoms with Gasteiger partial charge in [0.1, 0.15) is 13.1 Å². The molecule has 0 saturated carbocycles. The van der Waals surface area contributed by atoms with Gasteiger partial charge in [-0.2, -0.15) is 22.6 Å². The number of aromatic nitrogens is 2. The van der Waals surface area contributed by atoms with Crippen molar-refractivity contribution in [3.8, 4) is 0 Å².